The third-order valence-electron chi connectivity index (χ3n) is 4.61. The predicted octanol–water partition coefficient (Wildman–Crippen LogP) is 2.06. The molecule has 3 aromatic rings. The lowest BCUT2D eigenvalue weighted by Crippen LogP contribution is -2.39. The molecular weight excluding hydrogens is 306 g/mol. The average Bonchev–Trinajstić information content (AvgIpc) is 3.06. The minimum absolute atomic E-state index is 0.248. The van der Waals surface area contributed by atoms with Crippen LogP contribution in [0.5, 0.6) is 0 Å². The molecular formula is C17H25N5O2. The molecule has 0 saturated carbocycles. The van der Waals surface area contributed by atoms with Crippen molar-refractivity contribution in [2.45, 2.75) is 59.5 Å². The fourth-order valence-electron chi connectivity index (χ4n) is 3.16. The number of hydrogen-bond donors (Lipinski definition) is 0. The molecule has 0 amide bonds. The molecule has 0 aliphatic heterocycles. The summed E-state index contributed by atoms with van der Waals surface area (Å²) in [7, 11) is 1.68. The van der Waals surface area contributed by atoms with Crippen LogP contribution in [0.4, 0.5) is 0 Å². The number of imidazole rings is 2. The Bertz CT molecular complexity index is 1000. The molecule has 3 rings (SSSR count). The van der Waals surface area contributed by atoms with Gasteiger partial charge in [0.15, 0.2) is 11.2 Å². The summed E-state index contributed by atoms with van der Waals surface area (Å²) in [4.78, 5) is 30.0. The number of aryl methyl sites for hydroxylation is 3. The highest BCUT2D eigenvalue weighted by Gasteiger charge is 2.19. The number of hydrogen-bond acceptors (Lipinski definition) is 3. The molecule has 0 spiro atoms. The Balaban J connectivity index is 2.33. The Morgan fingerprint density at radius 2 is 1.67 bits per heavy atom. The highest BCUT2D eigenvalue weighted by molar-refractivity contribution is 5.75. The van der Waals surface area contributed by atoms with Crippen LogP contribution in [0.1, 0.15) is 45.2 Å². The molecule has 130 valence electrons. The van der Waals surface area contributed by atoms with Crippen LogP contribution in [-0.4, -0.2) is 23.1 Å². The summed E-state index contributed by atoms with van der Waals surface area (Å²) in [6, 6.07) is 0. The van der Waals surface area contributed by atoms with Crippen molar-refractivity contribution in [1.82, 2.24) is 23.1 Å². The Hall–Kier alpha value is -2.31. The van der Waals surface area contributed by atoms with Gasteiger partial charge in [-0.05, 0) is 19.8 Å². The maximum absolute atomic E-state index is 12.9. The molecule has 0 unspecified atom stereocenters. The molecule has 7 heteroatoms. The van der Waals surface area contributed by atoms with E-state index in [9.17, 15) is 9.59 Å². The highest BCUT2D eigenvalue weighted by atomic mass is 16.2. The van der Waals surface area contributed by atoms with E-state index in [2.05, 4.69) is 16.5 Å². The molecule has 0 aliphatic carbocycles. The smallest absolute Gasteiger partial charge is 0.314 e. The standard InChI is InChI=1S/C17H25N5O2/c1-5-7-9-20-12(3)11-22-13-14(18-16(20)22)19(4)17(24)21(15(13)23)10-8-6-2/h11H,5-10H2,1-4H3. The van der Waals surface area contributed by atoms with Gasteiger partial charge in [-0.15, -0.1) is 0 Å². The van der Waals surface area contributed by atoms with E-state index in [0.717, 1.165) is 43.7 Å². The highest BCUT2D eigenvalue weighted by Crippen LogP contribution is 2.16. The number of fused-ring (bicyclic) bond motifs is 3. The molecule has 0 aliphatic rings. The van der Waals surface area contributed by atoms with Crippen LogP contribution in [0, 0.1) is 6.92 Å². The summed E-state index contributed by atoms with van der Waals surface area (Å²) >= 11 is 0. The first-order valence-electron chi connectivity index (χ1n) is 8.69. The summed E-state index contributed by atoms with van der Waals surface area (Å²) in [5.41, 5.74) is 1.47. The SMILES string of the molecule is CCCCn1c(=O)c2c(nc3n(CCCC)c(C)cn23)n(C)c1=O. The zero-order valence-corrected chi connectivity index (χ0v) is 14.9. The molecule has 3 heterocycles. The lowest BCUT2D eigenvalue weighted by Gasteiger charge is -2.07. The lowest BCUT2D eigenvalue weighted by molar-refractivity contribution is 0.566. The first kappa shape index (κ1) is 16.5. The van der Waals surface area contributed by atoms with Gasteiger partial charge in [0, 0.05) is 32.0 Å². The van der Waals surface area contributed by atoms with E-state index in [1.807, 2.05) is 24.4 Å². The molecule has 0 radical (unpaired) electrons. The topological polar surface area (TPSA) is 66.2 Å². The minimum Gasteiger partial charge on any atom is -0.314 e. The van der Waals surface area contributed by atoms with Crippen molar-refractivity contribution >= 4 is 16.9 Å². The second kappa shape index (κ2) is 6.30. The third-order valence-corrected chi connectivity index (χ3v) is 4.61. The van der Waals surface area contributed by atoms with Crippen LogP contribution in [0.15, 0.2) is 15.8 Å². The Morgan fingerprint density at radius 1 is 1.04 bits per heavy atom. The van der Waals surface area contributed by atoms with Crippen molar-refractivity contribution in [1.29, 1.82) is 0 Å². The second-order valence-corrected chi connectivity index (χ2v) is 6.38. The van der Waals surface area contributed by atoms with Crippen LogP contribution in [0.25, 0.3) is 16.9 Å². The lowest BCUT2D eigenvalue weighted by atomic mass is 10.3. The Morgan fingerprint density at radius 3 is 2.29 bits per heavy atom. The Kier molecular flexibility index (Phi) is 4.34. The quantitative estimate of drug-likeness (QED) is 0.694. The van der Waals surface area contributed by atoms with Gasteiger partial charge in [-0.1, -0.05) is 26.7 Å². The molecule has 0 atom stereocenters. The van der Waals surface area contributed by atoms with Crippen molar-refractivity contribution in [2.75, 3.05) is 0 Å². The van der Waals surface area contributed by atoms with Gasteiger partial charge in [-0.2, -0.15) is 4.98 Å². The Labute approximate surface area is 140 Å². The van der Waals surface area contributed by atoms with E-state index in [0.29, 0.717) is 17.7 Å². The van der Waals surface area contributed by atoms with Crippen LogP contribution in [0.2, 0.25) is 0 Å². The van der Waals surface area contributed by atoms with Crippen LogP contribution in [-0.2, 0) is 20.1 Å². The largest absolute Gasteiger partial charge is 0.332 e. The zero-order chi connectivity index (χ0) is 17.4. The van der Waals surface area contributed by atoms with Crippen LogP contribution < -0.4 is 11.2 Å². The van der Waals surface area contributed by atoms with E-state index in [4.69, 9.17) is 0 Å². The van der Waals surface area contributed by atoms with E-state index in [1.54, 1.807) is 7.05 Å². The second-order valence-electron chi connectivity index (χ2n) is 6.38. The molecule has 0 fully saturated rings. The van der Waals surface area contributed by atoms with Gasteiger partial charge < -0.3 is 4.57 Å². The van der Waals surface area contributed by atoms with Crippen molar-refractivity contribution in [3.63, 3.8) is 0 Å². The average molecular weight is 331 g/mol. The van der Waals surface area contributed by atoms with Crippen molar-refractivity contribution in [2.24, 2.45) is 7.05 Å². The first-order valence-corrected chi connectivity index (χ1v) is 8.69. The maximum Gasteiger partial charge on any atom is 0.332 e. The molecule has 0 aromatic carbocycles. The summed E-state index contributed by atoms with van der Waals surface area (Å²) in [6.45, 7) is 7.52. The van der Waals surface area contributed by atoms with Gasteiger partial charge in [-0.3, -0.25) is 18.3 Å². The summed E-state index contributed by atoms with van der Waals surface area (Å²) in [6.07, 6.45) is 5.82. The molecule has 0 saturated heterocycles. The van der Waals surface area contributed by atoms with Crippen molar-refractivity contribution < 1.29 is 0 Å². The summed E-state index contributed by atoms with van der Waals surface area (Å²) < 4.78 is 6.77. The summed E-state index contributed by atoms with van der Waals surface area (Å²) in [5, 5.41) is 0. The molecule has 0 bridgehead atoms. The molecule has 3 aromatic heterocycles. The molecule has 7 nitrogen and oxygen atoms in total. The van der Waals surface area contributed by atoms with Gasteiger partial charge in [-0.25, -0.2) is 4.79 Å². The maximum atomic E-state index is 12.9. The number of rotatable bonds is 6. The van der Waals surface area contributed by atoms with E-state index in [-0.39, 0.29) is 11.2 Å². The minimum atomic E-state index is -0.293. The first-order chi connectivity index (χ1) is 11.5. The van der Waals surface area contributed by atoms with Crippen LogP contribution in [0.3, 0.4) is 0 Å². The van der Waals surface area contributed by atoms with E-state index in [1.165, 1.54) is 9.13 Å². The zero-order valence-electron chi connectivity index (χ0n) is 14.9. The van der Waals surface area contributed by atoms with Gasteiger partial charge >= 0.3 is 5.69 Å². The molecule has 0 N–H and O–H groups in total. The monoisotopic (exact) mass is 331 g/mol. The fourth-order valence-corrected chi connectivity index (χ4v) is 3.16. The number of aromatic nitrogens is 5. The fraction of sp³-hybridized carbons (Fsp3) is 0.588. The van der Waals surface area contributed by atoms with Gasteiger partial charge in [0.2, 0.25) is 5.78 Å². The van der Waals surface area contributed by atoms with E-state index < -0.39 is 0 Å². The van der Waals surface area contributed by atoms with E-state index >= 15 is 0 Å². The third kappa shape index (κ3) is 2.39. The molecule has 24 heavy (non-hydrogen) atoms. The van der Waals surface area contributed by atoms with Gasteiger partial charge in [0.05, 0.1) is 0 Å². The number of unbranched alkanes of at least 4 members (excludes halogenated alkanes) is 2. The number of nitrogens with zero attached hydrogens (tertiary/aromatic N) is 5. The van der Waals surface area contributed by atoms with Crippen molar-refractivity contribution in [3.05, 3.63) is 32.7 Å². The normalized spacial score (nSPS) is 11.8. The van der Waals surface area contributed by atoms with Crippen molar-refractivity contribution in [3.8, 4) is 0 Å². The van der Waals surface area contributed by atoms with Gasteiger partial charge in [0.25, 0.3) is 5.56 Å². The van der Waals surface area contributed by atoms with Gasteiger partial charge in [0.1, 0.15) is 0 Å². The summed E-state index contributed by atoms with van der Waals surface area (Å²) in [5.74, 6) is 0.733. The predicted molar refractivity (Wildman–Crippen MR) is 94.7 cm³/mol. The van der Waals surface area contributed by atoms with Crippen LogP contribution >= 0.6 is 0 Å².